The lowest BCUT2D eigenvalue weighted by atomic mass is 10.4. The molecule has 15 heavy (non-hydrogen) atoms. The number of aromatic nitrogens is 1. The lowest BCUT2D eigenvalue weighted by Gasteiger charge is -2.04. The first-order valence-corrected chi connectivity index (χ1v) is 5.14. The van der Waals surface area contributed by atoms with E-state index in [0.29, 0.717) is 10.6 Å². The number of aliphatic hydroxyl groups is 2. The van der Waals surface area contributed by atoms with Gasteiger partial charge in [-0.05, 0) is 16.0 Å². The van der Waals surface area contributed by atoms with Crippen LogP contribution in [0, 0.1) is 10.1 Å². The van der Waals surface area contributed by atoms with Crippen molar-refractivity contribution < 1.29 is 15.1 Å². The summed E-state index contributed by atoms with van der Waals surface area (Å²) < 4.78 is 0. The van der Waals surface area contributed by atoms with Gasteiger partial charge in [0.15, 0.2) is 6.20 Å². The number of aliphatic hydroxyl groups excluding tert-OH is 2. The molecule has 82 valence electrons. The summed E-state index contributed by atoms with van der Waals surface area (Å²) in [5, 5.41) is 27.9. The van der Waals surface area contributed by atoms with Crippen molar-refractivity contribution in [2.45, 2.75) is 11.0 Å². The molecule has 0 aliphatic carbocycles. The quantitative estimate of drug-likeness (QED) is 0.432. The fourth-order valence-corrected chi connectivity index (χ4v) is 1.59. The summed E-state index contributed by atoms with van der Waals surface area (Å²) in [5.41, 5.74) is 0. The maximum absolute atomic E-state index is 10.3. The number of pyridine rings is 1. The molecule has 1 aromatic heterocycles. The molecule has 0 bridgehead atoms. The van der Waals surface area contributed by atoms with Crippen LogP contribution in [0.15, 0.2) is 23.2 Å². The molecule has 7 heteroatoms. The summed E-state index contributed by atoms with van der Waals surface area (Å²) in [5.74, 6) is 0.123. The molecule has 1 heterocycles. The molecule has 1 aromatic rings. The zero-order valence-corrected chi connectivity index (χ0v) is 8.55. The van der Waals surface area contributed by atoms with Crippen LogP contribution in [-0.2, 0) is 0 Å². The van der Waals surface area contributed by atoms with E-state index in [9.17, 15) is 10.1 Å². The topological polar surface area (TPSA) is 96.5 Å². The standard InChI is InChI=1S/C8H10N2O4S/c11-4-6(12)5-15-7-1-2-8(9-3-7)10(13)14/h1-3,6,11-12H,4-5H2. The van der Waals surface area contributed by atoms with Gasteiger partial charge in [-0.2, -0.15) is 0 Å². The lowest BCUT2D eigenvalue weighted by Crippen LogP contribution is -2.14. The van der Waals surface area contributed by atoms with E-state index in [1.807, 2.05) is 0 Å². The van der Waals surface area contributed by atoms with Crippen LogP contribution in [0.4, 0.5) is 5.82 Å². The molecule has 2 N–H and O–H groups in total. The Morgan fingerprint density at radius 3 is 2.80 bits per heavy atom. The Balaban J connectivity index is 2.53. The van der Waals surface area contributed by atoms with Gasteiger partial charge >= 0.3 is 5.82 Å². The van der Waals surface area contributed by atoms with Gasteiger partial charge in [0.25, 0.3) is 0 Å². The Kier molecular flexibility index (Phi) is 4.47. The molecular formula is C8H10N2O4S. The van der Waals surface area contributed by atoms with Gasteiger partial charge in [0.05, 0.1) is 17.6 Å². The maximum Gasteiger partial charge on any atom is 0.363 e. The van der Waals surface area contributed by atoms with Crippen LogP contribution in [-0.4, -0.2) is 38.6 Å². The molecule has 0 spiro atoms. The molecule has 1 rings (SSSR count). The van der Waals surface area contributed by atoms with Gasteiger partial charge in [-0.25, -0.2) is 0 Å². The van der Waals surface area contributed by atoms with Gasteiger partial charge in [-0.15, -0.1) is 11.8 Å². The van der Waals surface area contributed by atoms with E-state index in [-0.39, 0.29) is 12.4 Å². The van der Waals surface area contributed by atoms with Crippen LogP contribution in [0.1, 0.15) is 0 Å². The summed E-state index contributed by atoms with van der Waals surface area (Å²) in [6.45, 7) is -0.298. The highest BCUT2D eigenvalue weighted by molar-refractivity contribution is 7.99. The molecule has 0 aromatic carbocycles. The monoisotopic (exact) mass is 230 g/mol. The average molecular weight is 230 g/mol. The number of nitrogens with zero attached hydrogens (tertiary/aromatic N) is 2. The number of thioether (sulfide) groups is 1. The van der Waals surface area contributed by atoms with Gasteiger partial charge < -0.3 is 20.3 Å². The SMILES string of the molecule is O=[N+]([O-])c1ccc(SCC(O)CO)cn1. The molecule has 0 aliphatic heterocycles. The van der Waals surface area contributed by atoms with E-state index in [2.05, 4.69) is 4.98 Å². The normalized spacial score (nSPS) is 12.4. The van der Waals surface area contributed by atoms with Crippen molar-refractivity contribution in [3.05, 3.63) is 28.4 Å². The number of nitro groups is 1. The van der Waals surface area contributed by atoms with E-state index >= 15 is 0 Å². The van der Waals surface area contributed by atoms with Crippen LogP contribution in [0.3, 0.4) is 0 Å². The molecule has 6 nitrogen and oxygen atoms in total. The maximum atomic E-state index is 10.3. The van der Waals surface area contributed by atoms with Gasteiger partial charge in [-0.3, -0.25) is 0 Å². The minimum Gasteiger partial charge on any atom is -0.394 e. The second-order valence-corrected chi connectivity index (χ2v) is 3.85. The van der Waals surface area contributed by atoms with Crippen LogP contribution < -0.4 is 0 Å². The summed E-state index contributed by atoms with van der Waals surface area (Å²) >= 11 is 1.28. The third-order valence-electron chi connectivity index (χ3n) is 1.56. The Morgan fingerprint density at radius 2 is 2.33 bits per heavy atom. The van der Waals surface area contributed by atoms with Crippen LogP contribution >= 0.6 is 11.8 Å². The number of hydrogen-bond acceptors (Lipinski definition) is 6. The second kappa shape index (κ2) is 5.64. The highest BCUT2D eigenvalue weighted by Gasteiger charge is 2.08. The Bertz CT molecular complexity index is 330. The van der Waals surface area contributed by atoms with Gasteiger partial charge in [-0.1, -0.05) is 0 Å². The fourth-order valence-electron chi connectivity index (χ4n) is 0.811. The van der Waals surface area contributed by atoms with E-state index in [0.717, 1.165) is 0 Å². The van der Waals surface area contributed by atoms with E-state index in [1.54, 1.807) is 6.07 Å². The molecule has 0 saturated heterocycles. The van der Waals surface area contributed by atoms with Crippen LogP contribution in [0.2, 0.25) is 0 Å². The highest BCUT2D eigenvalue weighted by Crippen LogP contribution is 2.19. The summed E-state index contributed by atoms with van der Waals surface area (Å²) in [6.07, 6.45) is 0.581. The lowest BCUT2D eigenvalue weighted by molar-refractivity contribution is -0.389. The predicted molar refractivity (Wildman–Crippen MR) is 54.7 cm³/mol. The van der Waals surface area contributed by atoms with Crippen molar-refractivity contribution in [1.29, 1.82) is 0 Å². The zero-order chi connectivity index (χ0) is 11.3. The number of hydrogen-bond donors (Lipinski definition) is 2. The first-order chi connectivity index (χ1) is 7.13. The Labute approximate surface area is 90.1 Å². The number of rotatable bonds is 5. The van der Waals surface area contributed by atoms with Crippen molar-refractivity contribution in [2.75, 3.05) is 12.4 Å². The van der Waals surface area contributed by atoms with E-state index in [1.165, 1.54) is 24.0 Å². The van der Waals surface area contributed by atoms with Gasteiger partial charge in [0, 0.05) is 11.8 Å². The van der Waals surface area contributed by atoms with Crippen LogP contribution in [0.5, 0.6) is 0 Å². The van der Waals surface area contributed by atoms with E-state index in [4.69, 9.17) is 10.2 Å². The molecule has 0 amide bonds. The first kappa shape index (κ1) is 11.9. The third-order valence-corrected chi connectivity index (χ3v) is 2.69. The van der Waals surface area contributed by atoms with E-state index < -0.39 is 11.0 Å². The highest BCUT2D eigenvalue weighted by atomic mass is 32.2. The Hall–Kier alpha value is -1.18. The van der Waals surface area contributed by atoms with Gasteiger partial charge in [0.1, 0.15) is 0 Å². The minimum atomic E-state index is -0.787. The van der Waals surface area contributed by atoms with Crippen molar-refractivity contribution in [3.63, 3.8) is 0 Å². The van der Waals surface area contributed by atoms with Crippen molar-refractivity contribution >= 4 is 17.6 Å². The summed E-state index contributed by atoms with van der Waals surface area (Å²) in [4.78, 5) is 14.0. The first-order valence-electron chi connectivity index (χ1n) is 4.15. The van der Waals surface area contributed by atoms with Crippen molar-refractivity contribution in [2.24, 2.45) is 0 Å². The molecule has 0 aliphatic rings. The summed E-state index contributed by atoms with van der Waals surface area (Å²) in [6, 6.07) is 2.85. The summed E-state index contributed by atoms with van der Waals surface area (Å²) in [7, 11) is 0. The fraction of sp³-hybridized carbons (Fsp3) is 0.375. The van der Waals surface area contributed by atoms with Crippen molar-refractivity contribution in [3.8, 4) is 0 Å². The largest absolute Gasteiger partial charge is 0.394 e. The van der Waals surface area contributed by atoms with Gasteiger partial charge in [0.2, 0.25) is 0 Å². The smallest absolute Gasteiger partial charge is 0.363 e. The molecule has 0 radical (unpaired) electrons. The molecule has 0 saturated carbocycles. The molecule has 1 unspecified atom stereocenters. The molecule has 0 fully saturated rings. The van der Waals surface area contributed by atoms with Crippen LogP contribution in [0.25, 0.3) is 0 Å². The zero-order valence-electron chi connectivity index (χ0n) is 7.74. The van der Waals surface area contributed by atoms with Crippen molar-refractivity contribution in [1.82, 2.24) is 4.98 Å². The average Bonchev–Trinajstić information content (AvgIpc) is 2.26. The molecule has 1 atom stereocenters. The predicted octanol–water partition coefficient (Wildman–Crippen LogP) is 0.435. The third kappa shape index (κ3) is 3.82. The molecular weight excluding hydrogens is 220 g/mol. The Morgan fingerprint density at radius 1 is 1.60 bits per heavy atom. The minimum absolute atomic E-state index is 0.206. The second-order valence-electron chi connectivity index (χ2n) is 2.76.